The van der Waals surface area contributed by atoms with Crippen LogP contribution in [-0.4, -0.2) is 49.1 Å². The zero-order chi connectivity index (χ0) is 43.5. The molecule has 58 heavy (non-hydrogen) atoms. The molecule has 5 nitrogen and oxygen atoms in total. The van der Waals surface area contributed by atoms with Gasteiger partial charge in [-0.2, -0.15) is 52.7 Å². The van der Waals surface area contributed by atoms with Crippen molar-refractivity contribution in [1.29, 1.82) is 0 Å². The minimum absolute atomic E-state index is 0.154. The van der Waals surface area contributed by atoms with Gasteiger partial charge >= 0.3 is 29.5 Å². The van der Waals surface area contributed by atoms with E-state index in [1.165, 1.54) is 23.9 Å². The number of carbonyl (C=O) groups excluding carboxylic acids is 1. The van der Waals surface area contributed by atoms with Gasteiger partial charge in [0.2, 0.25) is 0 Å². The average Bonchev–Trinajstić information content (AvgIpc) is 3.15. The number of benzene rings is 5. The third-order valence-electron chi connectivity index (χ3n) is 7.67. The molecule has 0 N–H and O–H groups in total. The van der Waals surface area contributed by atoms with Crippen molar-refractivity contribution in [3.63, 3.8) is 0 Å². The number of alkyl halides is 12. The maximum Gasteiger partial charge on any atom is 0.460 e. The van der Waals surface area contributed by atoms with E-state index in [1.807, 2.05) is 78.9 Å². The molecule has 5 aromatic rings. The van der Waals surface area contributed by atoms with Gasteiger partial charge in [0.05, 0.1) is 34.2 Å². The van der Waals surface area contributed by atoms with Crippen molar-refractivity contribution in [2.45, 2.75) is 53.9 Å². The Morgan fingerprint density at radius 1 is 0.655 bits per heavy atom. The first-order chi connectivity index (χ1) is 26.7. The number of ether oxygens (including phenoxy) is 1. The standard InChI is InChI=1S/C33H23ClF3O2S2.C4HF9O3S/c1-39-24-12-18-27(19-13-24)41(26-16-10-23(11-17-26)33(35,36)37)28-20-14-25(15-21-28)40-30-9-5-8-29(34)31(30)32(38)22-6-3-2-4-7-22;5-1(6,3(9,10)11)2(7,8)4(12,13)17(14,15)16/h2-21H,1H3;(H,14,15,16)/q+1;/p-1. The van der Waals surface area contributed by atoms with E-state index in [2.05, 4.69) is 0 Å². The molecule has 0 aliphatic carbocycles. The van der Waals surface area contributed by atoms with E-state index in [1.54, 1.807) is 25.3 Å². The SMILES string of the molecule is COc1ccc([S+](c2ccc(Sc3cccc(Cl)c3C(=O)c3ccccc3)cc2)c2ccc(C(F)(F)F)cc2)cc1.O=S(=O)([O-])C(F)(F)C(F)(F)C(F)(F)C(F)(F)F. The molecule has 1 unspecified atom stereocenters. The largest absolute Gasteiger partial charge is 0.743 e. The highest BCUT2D eigenvalue weighted by Crippen LogP contribution is 2.54. The van der Waals surface area contributed by atoms with Crippen molar-refractivity contribution < 1.29 is 75.2 Å². The first kappa shape index (κ1) is 46.3. The molecule has 0 heterocycles. The molecular weight excluding hydrogens is 884 g/mol. The summed E-state index contributed by atoms with van der Waals surface area (Å²) < 4.78 is 180. The number of hydrogen-bond donors (Lipinski definition) is 0. The number of ketones is 1. The molecule has 5 rings (SSSR count). The summed E-state index contributed by atoms with van der Waals surface area (Å²) in [6.45, 7) is 0. The van der Waals surface area contributed by atoms with Crippen LogP contribution in [0.3, 0.4) is 0 Å². The van der Waals surface area contributed by atoms with E-state index in [4.69, 9.17) is 16.3 Å². The van der Waals surface area contributed by atoms with E-state index in [-0.39, 0.29) is 5.78 Å². The van der Waals surface area contributed by atoms with Crippen LogP contribution < -0.4 is 4.74 Å². The summed E-state index contributed by atoms with van der Waals surface area (Å²) in [6.07, 6.45) is -11.6. The van der Waals surface area contributed by atoms with Gasteiger partial charge < -0.3 is 9.29 Å². The third-order valence-corrected chi connectivity index (χ3v) is 12.2. The molecule has 0 saturated heterocycles. The molecule has 0 aromatic heterocycles. The summed E-state index contributed by atoms with van der Waals surface area (Å²) >= 11 is 7.92. The Kier molecular flexibility index (Phi) is 13.9. The second kappa shape index (κ2) is 17.5. The highest BCUT2D eigenvalue weighted by Gasteiger charge is 2.83. The lowest BCUT2D eigenvalue weighted by Crippen LogP contribution is -2.63. The molecule has 1 atom stereocenters. The fraction of sp³-hybridized carbons (Fsp3) is 0.162. The normalized spacial score (nSPS) is 13.3. The Morgan fingerprint density at radius 2 is 1.14 bits per heavy atom. The quantitative estimate of drug-likeness (QED) is 0.0568. The van der Waals surface area contributed by atoms with Crippen molar-refractivity contribution in [3.05, 3.63) is 143 Å². The Morgan fingerprint density at radius 3 is 1.59 bits per heavy atom. The minimum atomic E-state index is -7.43. The highest BCUT2D eigenvalue weighted by molar-refractivity contribution is 7.99. The highest BCUT2D eigenvalue weighted by atomic mass is 35.5. The Labute approximate surface area is 334 Å². The minimum Gasteiger partial charge on any atom is -0.743 e. The molecule has 21 heteroatoms. The lowest BCUT2D eigenvalue weighted by molar-refractivity contribution is -0.382. The van der Waals surface area contributed by atoms with Gasteiger partial charge in [0.25, 0.3) is 0 Å². The van der Waals surface area contributed by atoms with Crippen LogP contribution in [0.1, 0.15) is 21.5 Å². The van der Waals surface area contributed by atoms with Gasteiger partial charge in [-0.1, -0.05) is 59.8 Å². The van der Waals surface area contributed by atoms with E-state index >= 15 is 0 Å². The van der Waals surface area contributed by atoms with Crippen LogP contribution in [0.4, 0.5) is 52.7 Å². The van der Waals surface area contributed by atoms with Crippen molar-refractivity contribution in [1.82, 2.24) is 0 Å². The lowest BCUT2D eigenvalue weighted by atomic mass is 10.0. The van der Waals surface area contributed by atoms with Crippen LogP contribution in [0.25, 0.3) is 0 Å². The zero-order valence-electron chi connectivity index (χ0n) is 28.7. The van der Waals surface area contributed by atoms with Gasteiger partial charge in [-0.05, 0) is 84.9 Å². The monoisotopic (exact) mass is 906 g/mol. The lowest BCUT2D eigenvalue weighted by Gasteiger charge is -2.34. The van der Waals surface area contributed by atoms with Crippen LogP contribution in [0.5, 0.6) is 5.75 Å². The second-order valence-corrected chi connectivity index (χ2v) is 16.5. The molecule has 0 fully saturated rings. The number of rotatable bonds is 11. The van der Waals surface area contributed by atoms with Crippen molar-refractivity contribution >= 4 is 50.2 Å². The average molecular weight is 907 g/mol. The van der Waals surface area contributed by atoms with Gasteiger partial charge in [-0.25, -0.2) is 8.42 Å². The molecule has 0 aliphatic rings. The number of halogens is 13. The van der Waals surface area contributed by atoms with E-state index in [9.17, 15) is 70.5 Å². The summed E-state index contributed by atoms with van der Waals surface area (Å²) in [5.41, 5.74) is 0.309. The van der Waals surface area contributed by atoms with Crippen LogP contribution in [0, 0.1) is 0 Å². The van der Waals surface area contributed by atoms with Crippen LogP contribution >= 0.6 is 23.4 Å². The van der Waals surface area contributed by atoms with Crippen molar-refractivity contribution in [2.75, 3.05) is 7.11 Å². The molecule has 0 radical (unpaired) electrons. The Bertz CT molecular complexity index is 2310. The van der Waals surface area contributed by atoms with Crippen molar-refractivity contribution in [2.24, 2.45) is 0 Å². The summed E-state index contributed by atoms with van der Waals surface area (Å²) in [5, 5.41) is -6.73. The van der Waals surface area contributed by atoms with Gasteiger partial charge in [0.1, 0.15) is 5.75 Å². The summed E-state index contributed by atoms with van der Waals surface area (Å²) in [5.74, 6) is -14.3. The summed E-state index contributed by atoms with van der Waals surface area (Å²) in [7, 11) is -6.50. The van der Waals surface area contributed by atoms with Gasteiger partial charge in [-0.3, -0.25) is 4.79 Å². The van der Waals surface area contributed by atoms with E-state index in [0.717, 1.165) is 36.6 Å². The smallest absolute Gasteiger partial charge is 0.460 e. The second-order valence-electron chi connectivity index (χ2n) is 11.5. The maximum absolute atomic E-state index is 13.3. The number of methoxy groups -OCH3 is 1. The predicted octanol–water partition coefficient (Wildman–Crippen LogP) is 11.8. The van der Waals surface area contributed by atoms with Crippen LogP contribution in [0.2, 0.25) is 5.02 Å². The zero-order valence-corrected chi connectivity index (χ0v) is 31.9. The first-order valence-corrected chi connectivity index (χ1v) is 19.4. The first-order valence-electron chi connectivity index (χ1n) is 15.6. The molecule has 0 aliphatic heterocycles. The molecule has 0 bridgehead atoms. The van der Waals surface area contributed by atoms with Gasteiger partial charge in [0.15, 0.2) is 30.6 Å². The number of hydrogen-bond acceptors (Lipinski definition) is 6. The summed E-state index contributed by atoms with van der Waals surface area (Å²) in [6, 6.07) is 35.1. The van der Waals surface area contributed by atoms with Crippen LogP contribution in [-0.2, 0) is 27.2 Å². The third kappa shape index (κ3) is 9.90. The van der Waals surface area contributed by atoms with E-state index < -0.39 is 56.0 Å². The Balaban J connectivity index is 0.000000371. The van der Waals surface area contributed by atoms with Gasteiger partial charge in [-0.15, -0.1) is 0 Å². The predicted molar refractivity (Wildman–Crippen MR) is 189 cm³/mol. The molecule has 0 amide bonds. The molecule has 310 valence electrons. The Hall–Kier alpha value is -4.37. The summed E-state index contributed by atoms with van der Waals surface area (Å²) in [4.78, 5) is 17.6. The van der Waals surface area contributed by atoms with Gasteiger partial charge in [0, 0.05) is 15.4 Å². The molecule has 0 spiro atoms. The molecular formula is C37H23ClF12O5S3. The molecule has 5 aromatic carbocycles. The van der Waals surface area contributed by atoms with Crippen molar-refractivity contribution in [3.8, 4) is 5.75 Å². The maximum atomic E-state index is 13.3. The fourth-order valence-electron chi connectivity index (χ4n) is 4.73. The topological polar surface area (TPSA) is 83.5 Å². The van der Waals surface area contributed by atoms with E-state index in [0.29, 0.717) is 21.9 Å². The molecule has 0 saturated carbocycles. The van der Waals surface area contributed by atoms with Crippen LogP contribution in [0.15, 0.2) is 146 Å². The fourth-order valence-corrected chi connectivity index (χ4v) is 8.51. The number of carbonyl (C=O) groups is 1.